The van der Waals surface area contributed by atoms with E-state index in [1.165, 1.54) is 29.2 Å². The number of halogens is 3. The van der Waals surface area contributed by atoms with Crippen LogP contribution >= 0.6 is 11.8 Å². The van der Waals surface area contributed by atoms with Crippen LogP contribution in [0.3, 0.4) is 0 Å². The molecule has 4 saturated carbocycles. The lowest BCUT2D eigenvalue weighted by Crippen LogP contribution is -2.69. The molecule has 12 heteroatoms. The number of hydrogen-bond donors (Lipinski definition) is 1. The molecule has 1 aliphatic heterocycles. The van der Waals surface area contributed by atoms with Crippen LogP contribution in [0.15, 0.2) is 34.0 Å². The maximum Gasteiger partial charge on any atom is 0.368 e. The molecule has 0 amide bonds. The summed E-state index contributed by atoms with van der Waals surface area (Å²) in [5, 5.41) is 8.77. The third kappa shape index (κ3) is 4.11. The second kappa shape index (κ2) is 8.31. The third-order valence-electron chi connectivity index (χ3n) is 7.95. The summed E-state index contributed by atoms with van der Waals surface area (Å²) in [7, 11) is -2.57. The van der Waals surface area contributed by atoms with Gasteiger partial charge in [0.05, 0.1) is 10.6 Å². The smallest absolute Gasteiger partial charge is 0.368 e. The van der Waals surface area contributed by atoms with Crippen LogP contribution in [0.1, 0.15) is 38.5 Å². The lowest BCUT2D eigenvalue weighted by Gasteiger charge is -2.67. The van der Waals surface area contributed by atoms with Crippen LogP contribution < -0.4 is 9.64 Å². The SMILES string of the molecule is CSc1cc2c(cc1O/C=C(\F)C(=O)O)S(=O)(=O)N(C)C(CC1CC(F)(F)C1)CN2C12CC(C1)C2. The highest BCUT2D eigenvalue weighted by Crippen LogP contribution is 2.62. The minimum Gasteiger partial charge on any atom is -0.476 e. The Hall–Kier alpha value is -1.92. The Kier molecular flexibility index (Phi) is 5.88. The van der Waals surface area contributed by atoms with Gasteiger partial charge in [0.2, 0.25) is 21.8 Å². The average molecular weight is 533 g/mol. The first-order valence-electron chi connectivity index (χ1n) is 11.5. The lowest BCUT2D eigenvalue weighted by atomic mass is 9.49. The van der Waals surface area contributed by atoms with E-state index in [-0.39, 0.29) is 34.9 Å². The van der Waals surface area contributed by atoms with E-state index >= 15 is 0 Å². The number of carboxylic acids is 1. The molecule has 0 radical (unpaired) electrons. The summed E-state index contributed by atoms with van der Waals surface area (Å²) >= 11 is 1.27. The van der Waals surface area contributed by atoms with Gasteiger partial charge in [-0.15, -0.1) is 11.8 Å². The average Bonchev–Trinajstić information content (AvgIpc) is 2.77. The fourth-order valence-electron chi connectivity index (χ4n) is 5.91. The maximum absolute atomic E-state index is 13.7. The molecule has 4 aliphatic carbocycles. The topological polar surface area (TPSA) is 87.1 Å². The molecule has 7 nitrogen and oxygen atoms in total. The number of fused-ring (bicyclic) bond motifs is 1. The van der Waals surface area contributed by atoms with Crippen molar-refractivity contribution in [2.24, 2.45) is 11.8 Å². The Bertz CT molecular complexity index is 1180. The van der Waals surface area contributed by atoms with Crippen LogP contribution in [0, 0.1) is 11.8 Å². The molecule has 192 valence electrons. The van der Waals surface area contributed by atoms with Gasteiger partial charge in [-0.1, -0.05) is 0 Å². The quantitative estimate of drug-likeness (QED) is 0.315. The standard InChI is InChI=1S/C23H27F3N2O5S2/c1-27-15(3-13-9-23(25,26)10-13)11-28(22-6-14(7-22)8-22)17-4-19(34-2)18(5-20(17)35(27,31)32)33-12-16(24)21(29)30/h4-5,12-15H,3,6-11H2,1-2H3,(H,29,30)/b16-12-. The second-order valence-corrected chi connectivity index (χ2v) is 13.0. The summed E-state index contributed by atoms with van der Waals surface area (Å²) in [5.74, 6) is -5.57. The zero-order chi connectivity index (χ0) is 25.3. The van der Waals surface area contributed by atoms with E-state index in [1.807, 2.05) is 0 Å². The Balaban J connectivity index is 1.56. The van der Waals surface area contributed by atoms with Crippen LogP contribution in [0.4, 0.5) is 18.9 Å². The number of carbonyl (C=O) groups is 1. The van der Waals surface area contributed by atoms with Crippen molar-refractivity contribution in [3.05, 3.63) is 24.2 Å². The molecule has 1 N–H and O–H groups in total. The third-order valence-corrected chi connectivity index (χ3v) is 10.7. The van der Waals surface area contributed by atoms with Crippen molar-refractivity contribution >= 4 is 33.4 Å². The Labute approximate surface area is 206 Å². The summed E-state index contributed by atoms with van der Waals surface area (Å²) in [6, 6.07) is 2.54. The van der Waals surface area contributed by atoms with Gasteiger partial charge in [-0.05, 0) is 49.8 Å². The molecular weight excluding hydrogens is 505 g/mol. The van der Waals surface area contributed by atoms with Gasteiger partial charge in [0.25, 0.3) is 0 Å². The van der Waals surface area contributed by atoms with Gasteiger partial charge >= 0.3 is 5.97 Å². The second-order valence-electron chi connectivity index (χ2n) is 10.2. The van der Waals surface area contributed by atoms with E-state index in [0.29, 0.717) is 35.7 Å². The normalized spacial score (nSPS) is 31.5. The van der Waals surface area contributed by atoms with E-state index in [4.69, 9.17) is 9.84 Å². The molecule has 1 heterocycles. The minimum atomic E-state index is -4.04. The number of sulfonamides is 1. The van der Waals surface area contributed by atoms with Gasteiger partial charge in [-0.25, -0.2) is 22.0 Å². The fraction of sp³-hybridized carbons (Fsp3) is 0.609. The summed E-state index contributed by atoms with van der Waals surface area (Å²) in [6.45, 7) is 0.402. The van der Waals surface area contributed by atoms with Crippen LogP contribution in [-0.4, -0.2) is 61.2 Å². The first kappa shape index (κ1) is 24.8. The highest BCUT2D eigenvalue weighted by molar-refractivity contribution is 7.98. The molecule has 5 aliphatic rings. The number of nitrogens with zero attached hydrogens (tertiary/aromatic N) is 2. The molecule has 2 bridgehead atoms. The Morgan fingerprint density at radius 1 is 1.26 bits per heavy atom. The fourth-order valence-corrected chi connectivity index (χ4v) is 8.00. The zero-order valence-electron chi connectivity index (χ0n) is 19.3. The number of alkyl halides is 2. The van der Waals surface area contributed by atoms with Crippen molar-refractivity contribution < 1.29 is 36.2 Å². The van der Waals surface area contributed by atoms with E-state index in [2.05, 4.69) is 4.90 Å². The zero-order valence-corrected chi connectivity index (χ0v) is 21.0. The number of carboxylic acid groups (broad SMARTS) is 1. The van der Waals surface area contributed by atoms with Gasteiger partial charge in [0, 0.05) is 44.1 Å². The van der Waals surface area contributed by atoms with Crippen LogP contribution in [0.25, 0.3) is 0 Å². The highest BCUT2D eigenvalue weighted by atomic mass is 32.2. The summed E-state index contributed by atoms with van der Waals surface area (Å²) in [4.78, 5) is 13.5. The maximum atomic E-state index is 13.7. The number of anilines is 1. The molecular formula is C23H27F3N2O5S2. The van der Waals surface area contributed by atoms with Crippen molar-refractivity contribution in [1.82, 2.24) is 4.31 Å². The Morgan fingerprint density at radius 2 is 1.91 bits per heavy atom. The molecule has 1 atom stereocenters. The number of likely N-dealkylation sites (N-methyl/N-ethyl adjacent to an activating group) is 1. The van der Waals surface area contributed by atoms with Crippen LogP contribution in [0.2, 0.25) is 0 Å². The van der Waals surface area contributed by atoms with Crippen molar-refractivity contribution in [2.75, 3.05) is 24.7 Å². The first-order chi connectivity index (χ1) is 16.3. The number of hydrogen-bond acceptors (Lipinski definition) is 6. The predicted octanol–water partition coefficient (Wildman–Crippen LogP) is 4.48. The molecule has 0 spiro atoms. The largest absolute Gasteiger partial charge is 0.476 e. The van der Waals surface area contributed by atoms with Crippen molar-refractivity contribution in [3.63, 3.8) is 0 Å². The highest BCUT2D eigenvalue weighted by Gasteiger charge is 2.61. The molecule has 0 saturated heterocycles. The monoisotopic (exact) mass is 532 g/mol. The number of rotatable bonds is 7. The number of benzene rings is 1. The Morgan fingerprint density at radius 3 is 2.43 bits per heavy atom. The molecule has 35 heavy (non-hydrogen) atoms. The van der Waals surface area contributed by atoms with Crippen LogP contribution in [0.5, 0.6) is 5.75 Å². The number of aliphatic carboxylic acids is 1. The molecule has 6 rings (SSSR count). The molecule has 1 aromatic carbocycles. The van der Waals surface area contributed by atoms with E-state index in [9.17, 15) is 26.4 Å². The number of thioether (sulfide) groups is 1. The van der Waals surface area contributed by atoms with Crippen molar-refractivity contribution in [2.45, 2.75) is 65.8 Å². The van der Waals surface area contributed by atoms with Gasteiger partial charge in [0.15, 0.2) is 0 Å². The molecule has 4 fully saturated rings. The lowest BCUT2D eigenvalue weighted by molar-refractivity contribution is -0.134. The number of ether oxygens (including phenoxy) is 1. The van der Waals surface area contributed by atoms with Gasteiger partial charge in [0.1, 0.15) is 16.9 Å². The van der Waals surface area contributed by atoms with Crippen molar-refractivity contribution in [1.29, 1.82) is 0 Å². The predicted molar refractivity (Wildman–Crippen MR) is 124 cm³/mol. The first-order valence-corrected chi connectivity index (χ1v) is 14.1. The molecule has 0 aromatic heterocycles. The van der Waals surface area contributed by atoms with Crippen LogP contribution in [-0.2, 0) is 14.8 Å². The van der Waals surface area contributed by atoms with Gasteiger partial charge in [-0.2, -0.15) is 8.70 Å². The molecule has 1 unspecified atom stereocenters. The van der Waals surface area contributed by atoms with E-state index < -0.39 is 33.8 Å². The minimum absolute atomic E-state index is 0.0110. The summed E-state index contributed by atoms with van der Waals surface area (Å²) < 4.78 is 74.6. The summed E-state index contributed by atoms with van der Waals surface area (Å²) in [5.41, 5.74) is 0.380. The van der Waals surface area contributed by atoms with E-state index in [1.54, 1.807) is 12.3 Å². The molecule has 1 aromatic rings. The van der Waals surface area contributed by atoms with Gasteiger partial charge in [-0.3, -0.25) is 0 Å². The summed E-state index contributed by atoms with van der Waals surface area (Å²) in [6.07, 6.45) is 4.98. The van der Waals surface area contributed by atoms with E-state index in [0.717, 1.165) is 19.3 Å². The van der Waals surface area contributed by atoms with Crippen molar-refractivity contribution in [3.8, 4) is 5.75 Å². The van der Waals surface area contributed by atoms with Gasteiger partial charge < -0.3 is 14.7 Å².